The van der Waals surface area contributed by atoms with Crippen molar-refractivity contribution < 1.29 is 0 Å². The molecule has 0 bridgehead atoms. The highest BCUT2D eigenvalue weighted by atomic mass is 35.5. The lowest BCUT2D eigenvalue weighted by molar-refractivity contribution is 0.591. The SMILES string of the molecule is CNCC(Cc1c(Cl)c(C)nn1C)c1cccc(Cl)c1. The Bertz CT molecular complexity index is 593. The van der Waals surface area contributed by atoms with Gasteiger partial charge in [-0.3, -0.25) is 4.68 Å². The number of rotatable bonds is 5. The van der Waals surface area contributed by atoms with Gasteiger partial charge in [-0.05, 0) is 38.1 Å². The van der Waals surface area contributed by atoms with Crippen molar-refractivity contribution in [2.75, 3.05) is 13.6 Å². The third-order valence-corrected chi connectivity index (χ3v) is 4.20. The van der Waals surface area contributed by atoms with E-state index in [0.29, 0.717) is 5.92 Å². The van der Waals surface area contributed by atoms with Crippen molar-refractivity contribution in [3.05, 3.63) is 51.3 Å². The van der Waals surface area contributed by atoms with Crippen molar-refractivity contribution >= 4 is 23.2 Å². The van der Waals surface area contributed by atoms with E-state index in [9.17, 15) is 0 Å². The molecule has 0 radical (unpaired) electrons. The Labute approximate surface area is 129 Å². The number of likely N-dealkylation sites (N-methyl/N-ethyl adjacent to an activating group) is 1. The van der Waals surface area contributed by atoms with Gasteiger partial charge in [-0.25, -0.2) is 0 Å². The fourth-order valence-corrected chi connectivity index (χ4v) is 2.89. The van der Waals surface area contributed by atoms with Gasteiger partial charge in [0.25, 0.3) is 0 Å². The highest BCUT2D eigenvalue weighted by Crippen LogP contribution is 2.27. The zero-order valence-corrected chi connectivity index (χ0v) is 13.5. The molecule has 108 valence electrons. The zero-order chi connectivity index (χ0) is 14.7. The van der Waals surface area contributed by atoms with Gasteiger partial charge < -0.3 is 5.32 Å². The molecule has 0 aliphatic heterocycles. The highest BCUT2D eigenvalue weighted by molar-refractivity contribution is 6.32. The Morgan fingerprint density at radius 1 is 1.35 bits per heavy atom. The minimum absolute atomic E-state index is 0.311. The molecule has 0 aliphatic rings. The van der Waals surface area contributed by atoms with Crippen LogP contribution in [-0.2, 0) is 13.5 Å². The van der Waals surface area contributed by atoms with Gasteiger partial charge in [0.2, 0.25) is 0 Å². The van der Waals surface area contributed by atoms with Gasteiger partial charge in [0.05, 0.1) is 16.4 Å². The summed E-state index contributed by atoms with van der Waals surface area (Å²) in [4.78, 5) is 0. The summed E-state index contributed by atoms with van der Waals surface area (Å²) >= 11 is 12.4. The summed E-state index contributed by atoms with van der Waals surface area (Å²) in [7, 11) is 3.89. The molecule has 1 heterocycles. The van der Waals surface area contributed by atoms with Crippen molar-refractivity contribution in [2.45, 2.75) is 19.3 Å². The van der Waals surface area contributed by atoms with Gasteiger partial charge >= 0.3 is 0 Å². The predicted octanol–water partition coefficient (Wildman–Crippen LogP) is 3.58. The first-order valence-electron chi connectivity index (χ1n) is 6.61. The molecule has 0 amide bonds. The Kier molecular flexibility index (Phi) is 5.08. The van der Waals surface area contributed by atoms with Crippen molar-refractivity contribution in [3.63, 3.8) is 0 Å². The van der Waals surface area contributed by atoms with Crippen LogP contribution < -0.4 is 5.32 Å². The molecule has 2 aromatic rings. The molecule has 1 aromatic carbocycles. The van der Waals surface area contributed by atoms with Crippen LogP contribution in [0, 0.1) is 6.92 Å². The number of aryl methyl sites for hydroxylation is 2. The summed E-state index contributed by atoms with van der Waals surface area (Å²) < 4.78 is 1.87. The molecule has 0 saturated carbocycles. The lowest BCUT2D eigenvalue weighted by atomic mass is 9.94. The van der Waals surface area contributed by atoms with E-state index in [-0.39, 0.29) is 0 Å². The monoisotopic (exact) mass is 311 g/mol. The van der Waals surface area contributed by atoms with E-state index in [0.717, 1.165) is 34.4 Å². The Morgan fingerprint density at radius 2 is 2.10 bits per heavy atom. The summed E-state index contributed by atoms with van der Waals surface area (Å²) in [6.07, 6.45) is 0.831. The molecule has 5 heteroatoms. The average Bonchev–Trinajstić information content (AvgIpc) is 2.64. The van der Waals surface area contributed by atoms with E-state index < -0.39 is 0 Å². The fraction of sp³-hybridized carbons (Fsp3) is 0.400. The second kappa shape index (κ2) is 6.61. The molecule has 0 aliphatic carbocycles. The minimum atomic E-state index is 0.311. The lowest BCUT2D eigenvalue weighted by Gasteiger charge is -2.18. The van der Waals surface area contributed by atoms with Gasteiger partial charge in [0, 0.05) is 24.5 Å². The van der Waals surface area contributed by atoms with Crippen molar-refractivity contribution in [1.82, 2.24) is 15.1 Å². The van der Waals surface area contributed by atoms with Gasteiger partial charge in [0.15, 0.2) is 0 Å². The first kappa shape index (κ1) is 15.4. The Hall–Kier alpha value is -1.03. The van der Waals surface area contributed by atoms with E-state index >= 15 is 0 Å². The molecular formula is C15H19Cl2N3. The number of benzene rings is 1. The third-order valence-electron chi connectivity index (χ3n) is 3.47. The van der Waals surface area contributed by atoms with Gasteiger partial charge in [-0.2, -0.15) is 5.10 Å². The maximum atomic E-state index is 6.35. The van der Waals surface area contributed by atoms with Crippen molar-refractivity contribution in [3.8, 4) is 0 Å². The topological polar surface area (TPSA) is 29.9 Å². The molecule has 1 unspecified atom stereocenters. The summed E-state index contributed by atoms with van der Waals surface area (Å²) in [5, 5.41) is 9.13. The Balaban J connectivity index is 2.30. The Morgan fingerprint density at radius 3 is 2.65 bits per heavy atom. The number of nitrogens with one attached hydrogen (secondary N) is 1. The van der Waals surface area contributed by atoms with Crippen molar-refractivity contribution in [1.29, 1.82) is 0 Å². The first-order valence-corrected chi connectivity index (χ1v) is 7.36. The average molecular weight is 312 g/mol. The van der Waals surface area contributed by atoms with E-state index in [1.807, 2.05) is 43.9 Å². The predicted molar refractivity (Wildman–Crippen MR) is 84.8 cm³/mol. The maximum absolute atomic E-state index is 6.35. The molecule has 3 nitrogen and oxygen atoms in total. The smallest absolute Gasteiger partial charge is 0.0847 e. The second-order valence-electron chi connectivity index (χ2n) is 4.98. The molecule has 1 aromatic heterocycles. The number of hydrogen-bond acceptors (Lipinski definition) is 2. The fourth-order valence-electron chi connectivity index (χ4n) is 2.45. The summed E-state index contributed by atoms with van der Waals surface area (Å²) in [6.45, 7) is 2.79. The minimum Gasteiger partial charge on any atom is -0.319 e. The molecule has 0 fully saturated rings. The summed E-state index contributed by atoms with van der Waals surface area (Å²) in [5.74, 6) is 0.311. The molecule has 0 spiro atoms. The molecule has 1 N–H and O–H groups in total. The van der Waals surface area contributed by atoms with E-state index in [2.05, 4.69) is 16.5 Å². The van der Waals surface area contributed by atoms with Crippen LogP contribution in [0.5, 0.6) is 0 Å². The van der Waals surface area contributed by atoms with Gasteiger partial charge in [0.1, 0.15) is 0 Å². The van der Waals surface area contributed by atoms with Crippen LogP contribution in [-0.4, -0.2) is 23.4 Å². The zero-order valence-electron chi connectivity index (χ0n) is 12.0. The molecule has 20 heavy (non-hydrogen) atoms. The maximum Gasteiger partial charge on any atom is 0.0847 e. The van der Waals surface area contributed by atoms with Gasteiger partial charge in [-0.1, -0.05) is 35.3 Å². The number of hydrogen-bond donors (Lipinski definition) is 1. The number of halogens is 2. The standard InChI is InChI=1S/C15H19Cl2N3/c1-10-15(17)14(20(3)19-10)8-12(9-18-2)11-5-4-6-13(16)7-11/h4-7,12,18H,8-9H2,1-3H3. The van der Waals surface area contributed by atoms with E-state index in [1.165, 1.54) is 5.56 Å². The van der Waals surface area contributed by atoms with E-state index in [1.54, 1.807) is 0 Å². The summed E-state index contributed by atoms with van der Waals surface area (Å²) in [6, 6.07) is 7.99. The van der Waals surface area contributed by atoms with Crippen molar-refractivity contribution in [2.24, 2.45) is 7.05 Å². The van der Waals surface area contributed by atoms with Crippen LogP contribution in [0.2, 0.25) is 10.0 Å². The molecule has 2 rings (SSSR count). The van der Waals surface area contributed by atoms with Crippen LogP contribution in [0.4, 0.5) is 0 Å². The normalized spacial score (nSPS) is 12.7. The molecular weight excluding hydrogens is 293 g/mol. The van der Waals surface area contributed by atoms with Crippen LogP contribution in [0.15, 0.2) is 24.3 Å². The van der Waals surface area contributed by atoms with Crippen LogP contribution in [0.25, 0.3) is 0 Å². The third kappa shape index (κ3) is 3.35. The molecule has 0 saturated heterocycles. The molecule has 1 atom stereocenters. The second-order valence-corrected chi connectivity index (χ2v) is 5.80. The largest absolute Gasteiger partial charge is 0.319 e. The van der Waals surface area contributed by atoms with Gasteiger partial charge in [-0.15, -0.1) is 0 Å². The van der Waals surface area contributed by atoms with Crippen LogP contribution in [0.3, 0.4) is 0 Å². The number of aromatic nitrogens is 2. The van der Waals surface area contributed by atoms with E-state index in [4.69, 9.17) is 23.2 Å². The first-order chi connectivity index (χ1) is 9.52. The lowest BCUT2D eigenvalue weighted by Crippen LogP contribution is -2.20. The quantitative estimate of drug-likeness (QED) is 0.914. The van der Waals surface area contributed by atoms with Crippen LogP contribution >= 0.6 is 23.2 Å². The highest BCUT2D eigenvalue weighted by Gasteiger charge is 2.18. The number of nitrogens with zero attached hydrogens (tertiary/aromatic N) is 2. The van der Waals surface area contributed by atoms with Crippen LogP contribution in [0.1, 0.15) is 22.9 Å². The summed E-state index contributed by atoms with van der Waals surface area (Å²) in [5.41, 5.74) is 3.14.